The number of hydrogen-bond acceptors (Lipinski definition) is 4. The molecule has 2 rings (SSSR count). The summed E-state index contributed by atoms with van der Waals surface area (Å²) in [4.78, 5) is 16.7. The summed E-state index contributed by atoms with van der Waals surface area (Å²) in [6, 6.07) is 3.84. The van der Waals surface area contributed by atoms with E-state index in [1.165, 1.54) is 12.8 Å². The third kappa shape index (κ3) is 4.66. The Morgan fingerprint density at radius 1 is 1.50 bits per heavy atom. The highest BCUT2D eigenvalue weighted by molar-refractivity contribution is 8.00. The Labute approximate surface area is 112 Å². The molecule has 1 aromatic rings. The molecule has 2 N–H and O–H groups in total. The second-order valence-electron chi connectivity index (χ2n) is 4.49. The zero-order valence-corrected chi connectivity index (χ0v) is 11.2. The molecule has 4 nitrogen and oxygen atoms in total. The van der Waals surface area contributed by atoms with Crippen LogP contribution < -0.4 is 10.6 Å². The largest absolute Gasteiger partial charge is 0.355 e. The summed E-state index contributed by atoms with van der Waals surface area (Å²) in [7, 11) is 0. The van der Waals surface area contributed by atoms with Crippen LogP contribution in [0.2, 0.25) is 0 Å². The summed E-state index contributed by atoms with van der Waals surface area (Å²) >= 11 is 1.55. The van der Waals surface area contributed by atoms with E-state index in [1.54, 1.807) is 24.2 Å². The molecule has 1 aliphatic heterocycles. The van der Waals surface area contributed by atoms with E-state index in [1.807, 2.05) is 12.1 Å². The molecule has 98 valence electrons. The fourth-order valence-electron chi connectivity index (χ4n) is 1.99. The molecule has 0 spiro atoms. The van der Waals surface area contributed by atoms with E-state index >= 15 is 0 Å². The van der Waals surface area contributed by atoms with Crippen molar-refractivity contribution in [1.29, 1.82) is 0 Å². The van der Waals surface area contributed by atoms with Crippen LogP contribution >= 0.6 is 11.8 Å². The highest BCUT2D eigenvalue weighted by atomic mass is 32.2. The molecule has 5 heteroatoms. The third-order valence-electron chi connectivity index (χ3n) is 3.01. The van der Waals surface area contributed by atoms with Crippen LogP contribution in [0, 0.1) is 5.92 Å². The summed E-state index contributed by atoms with van der Waals surface area (Å²) < 4.78 is 0. The minimum atomic E-state index is 0.113. The van der Waals surface area contributed by atoms with Crippen LogP contribution in [0.15, 0.2) is 29.4 Å². The molecule has 18 heavy (non-hydrogen) atoms. The molecule has 1 fully saturated rings. The van der Waals surface area contributed by atoms with Gasteiger partial charge in [0, 0.05) is 23.8 Å². The van der Waals surface area contributed by atoms with E-state index in [4.69, 9.17) is 0 Å². The lowest BCUT2D eigenvalue weighted by molar-refractivity contribution is -0.118. The van der Waals surface area contributed by atoms with Gasteiger partial charge in [-0.05, 0) is 44.0 Å². The SMILES string of the molecule is O=C(CSc1ccncc1)NCC1CCCNC1. The Hall–Kier alpha value is -1.07. The van der Waals surface area contributed by atoms with Crippen molar-refractivity contribution in [2.45, 2.75) is 17.7 Å². The fourth-order valence-corrected chi connectivity index (χ4v) is 2.70. The molecule has 0 radical (unpaired) electrons. The van der Waals surface area contributed by atoms with E-state index in [0.29, 0.717) is 11.7 Å². The van der Waals surface area contributed by atoms with E-state index in [-0.39, 0.29) is 5.91 Å². The maximum absolute atomic E-state index is 11.7. The normalized spacial score (nSPS) is 19.4. The number of carbonyl (C=O) groups excluding carboxylic acids is 1. The number of hydrogen-bond donors (Lipinski definition) is 2. The molecule has 1 unspecified atom stereocenters. The third-order valence-corrected chi connectivity index (χ3v) is 4.02. The molecule has 0 saturated carbocycles. The standard InChI is InChI=1S/C13H19N3OS/c17-13(10-18-12-3-6-14-7-4-12)16-9-11-2-1-5-15-8-11/h3-4,6-7,11,15H,1-2,5,8-10H2,(H,16,17). The van der Waals surface area contributed by atoms with Crippen molar-refractivity contribution in [2.24, 2.45) is 5.92 Å². The van der Waals surface area contributed by atoms with Crippen LogP contribution in [-0.2, 0) is 4.79 Å². The van der Waals surface area contributed by atoms with Crippen molar-refractivity contribution in [3.8, 4) is 0 Å². The molecule has 1 amide bonds. The molecular weight excluding hydrogens is 246 g/mol. The van der Waals surface area contributed by atoms with Crippen LogP contribution in [0.25, 0.3) is 0 Å². The van der Waals surface area contributed by atoms with Crippen LogP contribution in [0.5, 0.6) is 0 Å². The lowest BCUT2D eigenvalue weighted by Crippen LogP contribution is -2.38. The minimum absolute atomic E-state index is 0.113. The second kappa shape index (κ2) is 7.38. The molecule has 1 atom stereocenters. The van der Waals surface area contributed by atoms with Crippen LogP contribution in [0.4, 0.5) is 0 Å². The quantitative estimate of drug-likeness (QED) is 0.788. The number of carbonyl (C=O) groups is 1. The van der Waals surface area contributed by atoms with Gasteiger partial charge in [0.15, 0.2) is 0 Å². The zero-order valence-electron chi connectivity index (χ0n) is 10.4. The summed E-state index contributed by atoms with van der Waals surface area (Å²) in [6.45, 7) is 2.93. The van der Waals surface area contributed by atoms with Crippen molar-refractivity contribution >= 4 is 17.7 Å². The number of nitrogens with zero attached hydrogens (tertiary/aromatic N) is 1. The van der Waals surface area contributed by atoms with Gasteiger partial charge in [-0.15, -0.1) is 11.8 Å². The van der Waals surface area contributed by atoms with Gasteiger partial charge in [-0.2, -0.15) is 0 Å². The zero-order chi connectivity index (χ0) is 12.6. The van der Waals surface area contributed by atoms with Gasteiger partial charge in [-0.3, -0.25) is 9.78 Å². The number of aromatic nitrogens is 1. The molecular formula is C13H19N3OS. The first-order valence-electron chi connectivity index (χ1n) is 6.35. The highest BCUT2D eigenvalue weighted by Crippen LogP contribution is 2.15. The number of pyridine rings is 1. The lowest BCUT2D eigenvalue weighted by atomic mass is 10.00. The topological polar surface area (TPSA) is 54.0 Å². The van der Waals surface area contributed by atoms with E-state index in [2.05, 4.69) is 15.6 Å². The summed E-state index contributed by atoms with van der Waals surface area (Å²) in [5.74, 6) is 1.18. The summed E-state index contributed by atoms with van der Waals surface area (Å²) in [5.41, 5.74) is 0. The Kier molecular flexibility index (Phi) is 5.48. The Morgan fingerprint density at radius 3 is 3.06 bits per heavy atom. The first-order chi connectivity index (χ1) is 8.84. The molecule has 0 aromatic carbocycles. The smallest absolute Gasteiger partial charge is 0.230 e. The fraction of sp³-hybridized carbons (Fsp3) is 0.538. The molecule has 0 aliphatic carbocycles. The van der Waals surface area contributed by atoms with Crippen LogP contribution in [-0.4, -0.2) is 36.3 Å². The van der Waals surface area contributed by atoms with Gasteiger partial charge in [0.25, 0.3) is 0 Å². The number of piperidine rings is 1. The van der Waals surface area contributed by atoms with Gasteiger partial charge in [0.05, 0.1) is 5.75 Å². The maximum Gasteiger partial charge on any atom is 0.230 e. The maximum atomic E-state index is 11.7. The highest BCUT2D eigenvalue weighted by Gasteiger charge is 2.13. The van der Waals surface area contributed by atoms with Crippen molar-refractivity contribution in [2.75, 3.05) is 25.4 Å². The average molecular weight is 265 g/mol. The number of rotatable bonds is 5. The van der Waals surface area contributed by atoms with E-state index in [0.717, 1.165) is 24.5 Å². The minimum Gasteiger partial charge on any atom is -0.355 e. The first-order valence-corrected chi connectivity index (χ1v) is 7.33. The predicted octanol–water partition coefficient (Wildman–Crippen LogP) is 1.29. The molecule has 1 aromatic heterocycles. The van der Waals surface area contributed by atoms with Gasteiger partial charge in [-0.25, -0.2) is 0 Å². The monoisotopic (exact) mass is 265 g/mol. The number of amides is 1. The van der Waals surface area contributed by atoms with Crippen LogP contribution in [0.3, 0.4) is 0 Å². The van der Waals surface area contributed by atoms with Gasteiger partial charge in [0.1, 0.15) is 0 Å². The van der Waals surface area contributed by atoms with Crippen molar-refractivity contribution < 1.29 is 4.79 Å². The lowest BCUT2D eigenvalue weighted by Gasteiger charge is -2.22. The van der Waals surface area contributed by atoms with Crippen molar-refractivity contribution in [3.63, 3.8) is 0 Å². The van der Waals surface area contributed by atoms with Gasteiger partial charge in [-0.1, -0.05) is 0 Å². The molecule has 2 heterocycles. The summed E-state index contributed by atoms with van der Waals surface area (Å²) in [5, 5.41) is 6.36. The number of nitrogens with one attached hydrogen (secondary N) is 2. The average Bonchev–Trinajstić information content (AvgIpc) is 2.45. The van der Waals surface area contributed by atoms with Gasteiger partial charge >= 0.3 is 0 Å². The van der Waals surface area contributed by atoms with Crippen molar-refractivity contribution in [3.05, 3.63) is 24.5 Å². The Morgan fingerprint density at radius 2 is 2.33 bits per heavy atom. The number of thioether (sulfide) groups is 1. The van der Waals surface area contributed by atoms with Gasteiger partial charge in [0.2, 0.25) is 5.91 Å². The van der Waals surface area contributed by atoms with Crippen LogP contribution in [0.1, 0.15) is 12.8 Å². The second-order valence-corrected chi connectivity index (χ2v) is 5.54. The molecule has 0 bridgehead atoms. The Bertz CT molecular complexity index is 366. The summed E-state index contributed by atoms with van der Waals surface area (Å²) in [6.07, 6.45) is 5.92. The Balaban J connectivity index is 1.63. The van der Waals surface area contributed by atoms with E-state index < -0.39 is 0 Å². The van der Waals surface area contributed by atoms with E-state index in [9.17, 15) is 4.79 Å². The molecule has 1 aliphatic rings. The van der Waals surface area contributed by atoms with Gasteiger partial charge < -0.3 is 10.6 Å². The van der Waals surface area contributed by atoms with Crippen molar-refractivity contribution in [1.82, 2.24) is 15.6 Å². The predicted molar refractivity (Wildman–Crippen MR) is 73.6 cm³/mol. The first kappa shape index (κ1) is 13.4. The molecule has 1 saturated heterocycles.